The summed E-state index contributed by atoms with van der Waals surface area (Å²) in [6.07, 6.45) is 4.76. The zero-order valence-electron chi connectivity index (χ0n) is 42.5. The minimum atomic E-state index is -2.09. The van der Waals surface area contributed by atoms with Gasteiger partial charge in [0.05, 0.1) is 65.1 Å². The molecule has 3 aromatic carbocycles. The number of allylic oxidation sites excluding steroid dienone is 2. The van der Waals surface area contributed by atoms with Crippen molar-refractivity contribution >= 4 is 51.9 Å². The van der Waals surface area contributed by atoms with Crippen LogP contribution in [0, 0.1) is 30.6 Å². The number of ketones is 1. The van der Waals surface area contributed by atoms with Crippen molar-refractivity contribution in [3.8, 4) is 23.0 Å². The van der Waals surface area contributed by atoms with Gasteiger partial charge in [-0.1, -0.05) is 58.1 Å². The lowest BCUT2D eigenvalue weighted by Crippen LogP contribution is -2.54. The second-order valence-electron chi connectivity index (χ2n) is 19.5. The summed E-state index contributed by atoms with van der Waals surface area (Å²) < 4.78 is 23.8. The molecule has 0 aliphatic carbocycles. The molecular weight excluding hydrogens is 915 g/mol. The summed E-state index contributed by atoms with van der Waals surface area (Å²) in [5.41, 5.74) is 1.25. The highest BCUT2D eigenvalue weighted by Gasteiger charge is 2.50. The number of piperazine rings is 1. The fourth-order valence-electron chi connectivity index (χ4n) is 9.93. The third kappa shape index (κ3) is 11.2. The summed E-state index contributed by atoms with van der Waals surface area (Å²) in [4.78, 5) is 54.9. The van der Waals surface area contributed by atoms with Crippen molar-refractivity contribution in [2.45, 2.75) is 125 Å². The monoisotopic (exact) mass is 983 g/mol. The maximum atomic E-state index is 14.7. The van der Waals surface area contributed by atoms with Gasteiger partial charge >= 0.3 is 11.8 Å². The molecule has 18 nitrogen and oxygen atoms in total. The van der Waals surface area contributed by atoms with Crippen LogP contribution in [-0.2, 0) is 35.1 Å². The number of phenols is 3. The van der Waals surface area contributed by atoms with Crippen LogP contribution in [0.3, 0.4) is 0 Å². The van der Waals surface area contributed by atoms with Crippen molar-refractivity contribution in [3.63, 3.8) is 0 Å². The zero-order valence-corrected chi connectivity index (χ0v) is 42.5. The Morgan fingerprint density at radius 2 is 1.55 bits per heavy atom. The number of fused-ring (bicyclic) bond motifs is 14. The molecule has 4 aliphatic heterocycles. The van der Waals surface area contributed by atoms with Crippen LogP contribution in [0.25, 0.3) is 10.8 Å². The van der Waals surface area contributed by atoms with Crippen molar-refractivity contribution in [1.29, 1.82) is 0 Å². The number of hydrogen-bond acceptors (Lipinski definition) is 16. The molecule has 71 heavy (non-hydrogen) atoms. The van der Waals surface area contributed by atoms with Crippen LogP contribution in [0.2, 0.25) is 0 Å². The molecule has 0 saturated carbocycles. The number of ether oxygens (including phenoxy) is 4. The number of esters is 1. The normalized spacial score (nSPS) is 29.0. The Balaban J connectivity index is 1.45. The number of rotatable bonds is 7. The van der Waals surface area contributed by atoms with E-state index in [1.165, 1.54) is 66.4 Å². The number of nitrogens with one attached hydrogen (secondary N) is 2. The Hall–Kier alpha value is -6.47. The summed E-state index contributed by atoms with van der Waals surface area (Å²) in [7, 11) is 1.43. The lowest BCUT2D eigenvalue weighted by molar-refractivity contribution is -0.160. The van der Waals surface area contributed by atoms with Gasteiger partial charge in [0.1, 0.15) is 23.4 Å². The van der Waals surface area contributed by atoms with E-state index in [1.807, 2.05) is 43.1 Å². The number of carbonyl (C=O) groups excluding carboxylic acids is 4. The van der Waals surface area contributed by atoms with Gasteiger partial charge < -0.3 is 55.1 Å². The number of anilines is 2. The second-order valence-corrected chi connectivity index (χ2v) is 19.5. The highest BCUT2D eigenvalue weighted by Crippen LogP contribution is 2.55. The first-order chi connectivity index (χ1) is 33.4. The molecule has 2 amide bonds. The first-order valence-corrected chi connectivity index (χ1v) is 23.9. The number of phenolic OH excluding ortho intramolecular Hbond substituents is 3. The molecule has 1 saturated heterocycles. The maximum Gasteiger partial charge on any atom is 0.312 e. The number of Topliss-reactive ketones (excluding diaryl/α,β-unsaturated/α-hetero) is 1. The summed E-state index contributed by atoms with van der Waals surface area (Å²) in [6.45, 7) is 19.8. The van der Waals surface area contributed by atoms with Gasteiger partial charge in [-0.25, -0.2) is 0 Å². The topological polar surface area (TPSA) is 249 Å². The van der Waals surface area contributed by atoms with E-state index >= 15 is 0 Å². The average molecular weight is 984 g/mol. The van der Waals surface area contributed by atoms with E-state index in [4.69, 9.17) is 24.0 Å². The molecule has 7 rings (SSSR count). The predicted octanol–water partition coefficient (Wildman–Crippen LogP) is 6.64. The highest BCUT2D eigenvalue weighted by molar-refractivity contribution is 6.24. The van der Waals surface area contributed by atoms with Gasteiger partial charge in [0.2, 0.25) is 5.91 Å². The van der Waals surface area contributed by atoms with Crippen LogP contribution in [0.4, 0.5) is 11.4 Å². The zero-order chi connectivity index (χ0) is 52.4. The fraction of sp³-hybridized carbons (Fsp3) is 0.491. The largest absolute Gasteiger partial charge is 0.507 e. The van der Waals surface area contributed by atoms with Crippen molar-refractivity contribution in [2.75, 3.05) is 30.8 Å². The predicted molar refractivity (Wildman–Crippen MR) is 268 cm³/mol. The van der Waals surface area contributed by atoms with Crippen molar-refractivity contribution in [1.82, 2.24) is 9.91 Å². The smallest absolute Gasteiger partial charge is 0.312 e. The molecule has 0 aromatic heterocycles. The molecule has 18 heteroatoms. The molecule has 0 unspecified atom stereocenters. The Morgan fingerprint density at radius 1 is 0.901 bits per heavy atom. The summed E-state index contributed by atoms with van der Waals surface area (Å²) in [6, 6.07) is 7.28. The number of aliphatic hydroxyl groups excluding tert-OH is 2. The van der Waals surface area contributed by atoms with Crippen molar-refractivity contribution in [3.05, 3.63) is 82.7 Å². The Bertz CT molecular complexity index is 2630. The third-order valence-electron chi connectivity index (χ3n) is 14.0. The minimum absolute atomic E-state index is 0.0344. The lowest BCUT2D eigenvalue weighted by atomic mass is 9.78. The summed E-state index contributed by atoms with van der Waals surface area (Å²) in [5, 5.41) is 71.0. The minimum Gasteiger partial charge on any atom is -0.507 e. The van der Waals surface area contributed by atoms with E-state index in [9.17, 15) is 44.7 Å². The maximum absolute atomic E-state index is 14.7. The first-order valence-electron chi connectivity index (χ1n) is 23.9. The number of hydrazone groups is 1. The fourth-order valence-corrected chi connectivity index (χ4v) is 9.93. The van der Waals surface area contributed by atoms with Gasteiger partial charge in [-0.2, -0.15) is 5.10 Å². The van der Waals surface area contributed by atoms with Crippen LogP contribution in [0.15, 0.2) is 65.5 Å². The standard InChI is InChI=1S/C53H69N5O13/c1-26-14-13-15-27(2)52(67)56-43-38(22-54-58-28(3)23-57(24-29(58)4)25-36-16-18-37(19-17-36)55-34(9)59)47(64)40-41(48(43)65)46(63)33(8)50-42(40)51(66)53(11,71-50)69-21-20-39(68-12)30(5)49(70-35(10)60)32(7)45(62)31(6)44(26)61/h13-22,26,28-32,39,44-45,49,61-65H,23-25H2,1-12H3,(H,55,59)(H,56,67)/t26-,28-,29+,30-,31-,32-,39+,44-,45-,49+,53-/m0/s1. The van der Waals surface area contributed by atoms with Crippen molar-refractivity contribution in [2.24, 2.45) is 28.8 Å². The molecule has 11 atom stereocenters. The average Bonchev–Trinajstić information content (AvgIpc) is 3.58. The van der Waals surface area contributed by atoms with E-state index in [-0.39, 0.29) is 62.5 Å². The number of methoxy groups -OCH3 is 1. The van der Waals surface area contributed by atoms with Crippen LogP contribution >= 0.6 is 0 Å². The Morgan fingerprint density at radius 3 is 2.15 bits per heavy atom. The van der Waals surface area contributed by atoms with Gasteiger partial charge in [0.25, 0.3) is 11.7 Å². The number of amides is 2. The van der Waals surface area contributed by atoms with Gasteiger partial charge in [0, 0.05) is 93.4 Å². The summed E-state index contributed by atoms with van der Waals surface area (Å²) in [5.74, 6) is -8.81. The van der Waals surface area contributed by atoms with Gasteiger partial charge in [-0.05, 0) is 51.5 Å². The van der Waals surface area contributed by atoms with Gasteiger partial charge in [-0.15, -0.1) is 0 Å². The third-order valence-corrected chi connectivity index (χ3v) is 14.0. The lowest BCUT2D eigenvalue weighted by Gasteiger charge is -2.42. The van der Waals surface area contributed by atoms with Crippen LogP contribution in [0.1, 0.15) is 96.3 Å². The number of aromatic hydroxyl groups is 3. The van der Waals surface area contributed by atoms with E-state index in [2.05, 4.69) is 15.5 Å². The number of benzene rings is 3. The molecule has 384 valence electrons. The molecule has 0 spiro atoms. The number of carbonyl (C=O) groups is 4. The van der Waals surface area contributed by atoms with Crippen LogP contribution < -0.4 is 15.4 Å². The molecule has 5 bridgehead atoms. The SMILES string of the molecule is CO[C@@H]1C=CO[C@@]2(C)Oc3c(C)c(O)c4c(O)c(c(C=NN5[C@H](C)CN(Cc6ccc(NC(C)=O)cc6)C[C@@H]5C)c(O)c4c3C2=O)NC(=O)C(C)=CC=C[C@H](C)[C@H](O)[C@H](C)[C@H](O)[C@H](C)[C@H](OC(C)=O)[C@H]1C. The van der Waals surface area contributed by atoms with Crippen LogP contribution in [0.5, 0.6) is 23.0 Å². The Kier molecular flexibility index (Phi) is 16.6. The molecule has 4 heterocycles. The molecule has 4 aliphatic rings. The number of aliphatic hydroxyl groups is 2. The van der Waals surface area contributed by atoms with E-state index in [1.54, 1.807) is 39.8 Å². The van der Waals surface area contributed by atoms with Crippen LogP contribution in [-0.4, -0.2) is 128 Å². The summed E-state index contributed by atoms with van der Waals surface area (Å²) >= 11 is 0. The Labute approximate surface area is 414 Å². The highest BCUT2D eigenvalue weighted by atomic mass is 16.7. The quantitative estimate of drug-likeness (QED) is 0.0567. The van der Waals surface area contributed by atoms with E-state index in [0.29, 0.717) is 25.3 Å². The molecule has 0 radical (unpaired) electrons. The van der Waals surface area contributed by atoms with E-state index in [0.717, 1.165) is 5.56 Å². The number of nitrogens with zero attached hydrogens (tertiary/aromatic N) is 3. The molecule has 3 aromatic rings. The van der Waals surface area contributed by atoms with Gasteiger partial charge in [-0.3, -0.25) is 29.1 Å². The number of hydrogen-bond donors (Lipinski definition) is 7. The molecule has 7 N–H and O–H groups in total. The second kappa shape index (κ2) is 21.9. The molecular formula is C53H69N5O13. The molecule has 1 fully saturated rings. The van der Waals surface area contributed by atoms with E-state index < -0.39 is 88.8 Å². The van der Waals surface area contributed by atoms with Gasteiger partial charge in [0.15, 0.2) is 5.75 Å². The van der Waals surface area contributed by atoms with Crippen molar-refractivity contribution < 1.29 is 63.7 Å². The first kappa shape index (κ1) is 53.9.